The van der Waals surface area contributed by atoms with E-state index in [-0.39, 0.29) is 11.5 Å². The van der Waals surface area contributed by atoms with Crippen LogP contribution in [0.1, 0.15) is 18.1 Å². The number of nitriles is 1. The minimum absolute atomic E-state index is 0.0609. The zero-order valence-electron chi connectivity index (χ0n) is 14.0. The first-order chi connectivity index (χ1) is 11.0. The number of rotatable bonds is 7. The second-order valence-electron chi connectivity index (χ2n) is 5.01. The first kappa shape index (κ1) is 18.3. The normalized spacial score (nSPS) is 10.7. The van der Waals surface area contributed by atoms with Crippen molar-refractivity contribution in [3.05, 3.63) is 41.5 Å². The lowest BCUT2D eigenvalue weighted by Gasteiger charge is -2.15. The van der Waals surface area contributed by atoms with Gasteiger partial charge in [0.2, 0.25) is 0 Å². The molecule has 0 aliphatic heterocycles. The van der Waals surface area contributed by atoms with Crippen LogP contribution >= 0.6 is 0 Å². The first-order valence-electron chi connectivity index (χ1n) is 7.26. The zero-order valence-corrected chi connectivity index (χ0v) is 14.0. The summed E-state index contributed by atoms with van der Waals surface area (Å²) in [5, 5.41) is 9.21. The maximum Gasteiger partial charge on any atom is 0.264 e. The SMILES string of the molecule is C=CCc1cc(/C=C(/C#N)C(=O)N(C)C)cc(OC)c1OCC. The summed E-state index contributed by atoms with van der Waals surface area (Å²) in [4.78, 5) is 13.3. The molecule has 5 heteroatoms. The van der Waals surface area contributed by atoms with Crippen molar-refractivity contribution in [3.63, 3.8) is 0 Å². The van der Waals surface area contributed by atoms with Gasteiger partial charge in [-0.25, -0.2) is 0 Å². The molecule has 0 saturated heterocycles. The average Bonchev–Trinajstić information content (AvgIpc) is 2.54. The van der Waals surface area contributed by atoms with E-state index in [9.17, 15) is 10.1 Å². The molecular weight excluding hydrogens is 292 g/mol. The Kier molecular flexibility index (Phi) is 6.88. The van der Waals surface area contributed by atoms with Crippen molar-refractivity contribution in [2.24, 2.45) is 0 Å². The molecule has 5 nitrogen and oxygen atoms in total. The number of likely N-dealkylation sites (N-methyl/N-ethyl adjacent to an activating group) is 1. The van der Waals surface area contributed by atoms with E-state index in [0.29, 0.717) is 30.1 Å². The molecule has 1 amide bonds. The van der Waals surface area contributed by atoms with E-state index in [4.69, 9.17) is 9.47 Å². The average molecular weight is 314 g/mol. The van der Waals surface area contributed by atoms with Crippen LogP contribution in [0, 0.1) is 11.3 Å². The van der Waals surface area contributed by atoms with Crippen molar-refractivity contribution >= 4 is 12.0 Å². The second-order valence-corrected chi connectivity index (χ2v) is 5.01. The van der Waals surface area contributed by atoms with E-state index in [1.54, 1.807) is 39.4 Å². The van der Waals surface area contributed by atoms with Gasteiger partial charge in [-0.1, -0.05) is 6.08 Å². The van der Waals surface area contributed by atoms with Crippen LogP contribution in [0.4, 0.5) is 0 Å². The Morgan fingerprint density at radius 3 is 2.61 bits per heavy atom. The van der Waals surface area contributed by atoms with Gasteiger partial charge in [0.05, 0.1) is 13.7 Å². The standard InChI is InChI=1S/C18H22N2O3/c1-6-8-14-9-13(10-15(12-19)18(21)20(3)4)11-16(22-5)17(14)23-7-2/h6,9-11H,1,7-8H2,2-5H3/b15-10-. The summed E-state index contributed by atoms with van der Waals surface area (Å²) in [5.74, 6) is 0.877. The fraction of sp³-hybridized carbons (Fsp3) is 0.333. The quantitative estimate of drug-likeness (QED) is 0.441. The first-order valence-corrected chi connectivity index (χ1v) is 7.26. The van der Waals surface area contributed by atoms with E-state index >= 15 is 0 Å². The Labute approximate surface area is 137 Å². The van der Waals surface area contributed by atoms with Crippen molar-refractivity contribution < 1.29 is 14.3 Å². The van der Waals surface area contributed by atoms with E-state index in [2.05, 4.69) is 6.58 Å². The van der Waals surface area contributed by atoms with Crippen molar-refractivity contribution in [3.8, 4) is 17.6 Å². The third-order valence-electron chi connectivity index (χ3n) is 3.09. The fourth-order valence-electron chi connectivity index (χ4n) is 2.08. The number of methoxy groups -OCH3 is 1. The molecule has 0 N–H and O–H groups in total. The summed E-state index contributed by atoms with van der Waals surface area (Å²) in [6, 6.07) is 5.56. The van der Waals surface area contributed by atoms with Gasteiger partial charge in [-0.05, 0) is 37.1 Å². The lowest BCUT2D eigenvalue weighted by atomic mass is 10.0. The Morgan fingerprint density at radius 1 is 1.43 bits per heavy atom. The number of carbonyl (C=O) groups excluding carboxylic acids is 1. The Morgan fingerprint density at radius 2 is 2.13 bits per heavy atom. The van der Waals surface area contributed by atoms with Gasteiger partial charge in [-0.2, -0.15) is 5.26 Å². The molecule has 0 heterocycles. The molecule has 0 unspecified atom stereocenters. The van der Waals surface area contributed by atoms with Crippen LogP contribution in [0.3, 0.4) is 0 Å². The molecule has 0 atom stereocenters. The molecule has 1 aromatic rings. The Balaban J connectivity index is 3.42. The van der Waals surface area contributed by atoms with Crippen LogP contribution < -0.4 is 9.47 Å². The van der Waals surface area contributed by atoms with Crippen LogP contribution in [-0.4, -0.2) is 38.6 Å². The minimum atomic E-state index is -0.342. The highest BCUT2D eigenvalue weighted by molar-refractivity contribution is 6.01. The monoisotopic (exact) mass is 314 g/mol. The van der Waals surface area contributed by atoms with E-state index in [1.807, 2.05) is 19.1 Å². The fourth-order valence-corrected chi connectivity index (χ4v) is 2.08. The number of hydrogen-bond donors (Lipinski definition) is 0. The smallest absolute Gasteiger partial charge is 0.264 e. The number of benzene rings is 1. The maximum absolute atomic E-state index is 12.0. The molecule has 122 valence electrons. The van der Waals surface area contributed by atoms with Crippen LogP contribution in [0.5, 0.6) is 11.5 Å². The van der Waals surface area contributed by atoms with Gasteiger partial charge in [-0.15, -0.1) is 6.58 Å². The highest BCUT2D eigenvalue weighted by Crippen LogP contribution is 2.34. The Hall–Kier alpha value is -2.74. The zero-order chi connectivity index (χ0) is 17.4. The second kappa shape index (κ2) is 8.64. The largest absolute Gasteiger partial charge is 0.493 e. The molecule has 0 aliphatic carbocycles. The number of amides is 1. The molecule has 0 spiro atoms. The molecule has 0 saturated carbocycles. The molecular formula is C18H22N2O3. The molecule has 1 rings (SSSR count). The summed E-state index contributed by atoms with van der Waals surface area (Å²) in [6.45, 7) is 6.16. The number of carbonyl (C=O) groups is 1. The summed E-state index contributed by atoms with van der Waals surface area (Å²) in [5.41, 5.74) is 1.65. The molecule has 0 bridgehead atoms. The lowest BCUT2D eigenvalue weighted by molar-refractivity contribution is -0.124. The number of allylic oxidation sites excluding steroid dienone is 1. The van der Waals surface area contributed by atoms with Gasteiger partial charge in [0.1, 0.15) is 11.6 Å². The molecule has 1 aromatic carbocycles. The van der Waals surface area contributed by atoms with Crippen molar-refractivity contribution in [1.82, 2.24) is 4.90 Å². The van der Waals surface area contributed by atoms with Gasteiger partial charge >= 0.3 is 0 Å². The molecule has 23 heavy (non-hydrogen) atoms. The van der Waals surface area contributed by atoms with E-state index in [0.717, 1.165) is 5.56 Å². The molecule has 0 radical (unpaired) electrons. The summed E-state index contributed by atoms with van der Waals surface area (Å²) in [7, 11) is 4.77. The third kappa shape index (κ3) is 4.62. The third-order valence-corrected chi connectivity index (χ3v) is 3.09. The van der Waals surface area contributed by atoms with Crippen molar-refractivity contribution in [2.75, 3.05) is 27.8 Å². The van der Waals surface area contributed by atoms with Crippen molar-refractivity contribution in [2.45, 2.75) is 13.3 Å². The summed E-state index contributed by atoms with van der Waals surface area (Å²) in [6.07, 6.45) is 3.91. The van der Waals surface area contributed by atoms with Crippen molar-refractivity contribution in [1.29, 1.82) is 5.26 Å². The molecule has 0 aromatic heterocycles. The van der Waals surface area contributed by atoms with E-state index in [1.165, 1.54) is 4.90 Å². The molecule has 0 fully saturated rings. The number of nitrogens with zero attached hydrogens (tertiary/aromatic N) is 2. The summed E-state index contributed by atoms with van der Waals surface area (Å²) < 4.78 is 11.0. The Bertz CT molecular complexity index is 655. The highest BCUT2D eigenvalue weighted by Gasteiger charge is 2.15. The predicted molar refractivity (Wildman–Crippen MR) is 90.3 cm³/mol. The maximum atomic E-state index is 12.0. The van der Waals surface area contributed by atoms with Gasteiger partial charge in [0.25, 0.3) is 5.91 Å². The van der Waals surface area contributed by atoms with Crippen LogP contribution in [0.15, 0.2) is 30.4 Å². The van der Waals surface area contributed by atoms with E-state index < -0.39 is 0 Å². The lowest BCUT2D eigenvalue weighted by Crippen LogP contribution is -2.22. The number of hydrogen-bond acceptors (Lipinski definition) is 4. The van der Waals surface area contributed by atoms with Gasteiger partial charge in [0, 0.05) is 19.7 Å². The van der Waals surface area contributed by atoms with Gasteiger partial charge in [-0.3, -0.25) is 4.79 Å². The van der Waals surface area contributed by atoms with Gasteiger partial charge < -0.3 is 14.4 Å². The van der Waals surface area contributed by atoms with Crippen LogP contribution in [0.25, 0.3) is 6.08 Å². The highest BCUT2D eigenvalue weighted by atomic mass is 16.5. The predicted octanol–water partition coefficient (Wildman–Crippen LogP) is 2.82. The summed E-state index contributed by atoms with van der Waals surface area (Å²) >= 11 is 0. The topological polar surface area (TPSA) is 62.6 Å². The van der Waals surface area contributed by atoms with Gasteiger partial charge in [0.15, 0.2) is 11.5 Å². The molecule has 0 aliphatic rings. The minimum Gasteiger partial charge on any atom is -0.493 e. The van der Waals surface area contributed by atoms with Crippen LogP contribution in [0.2, 0.25) is 0 Å². The number of ether oxygens (including phenoxy) is 2. The van der Waals surface area contributed by atoms with Crippen LogP contribution in [-0.2, 0) is 11.2 Å².